The van der Waals surface area contributed by atoms with Crippen LogP contribution in [0.1, 0.15) is 18.5 Å². The zero-order valence-electron chi connectivity index (χ0n) is 9.31. The standard InChI is InChI=1S/C11H11F3N2O2/c12-11(13,14)9-6-7(3-4-15-9)16-5-1-2-8(16)10(17)18/h3-4,6,8H,1-2,5H2,(H,17,18)/t8-/m1/s1. The quantitative estimate of drug-likeness (QED) is 0.885. The van der Waals surface area contributed by atoms with E-state index in [0.29, 0.717) is 19.4 Å². The molecular formula is C11H11F3N2O2. The Balaban J connectivity index is 2.31. The van der Waals surface area contributed by atoms with Crippen LogP contribution in [0.25, 0.3) is 0 Å². The molecule has 0 bridgehead atoms. The van der Waals surface area contributed by atoms with Crippen LogP contribution >= 0.6 is 0 Å². The molecule has 1 aromatic rings. The van der Waals surface area contributed by atoms with E-state index in [1.54, 1.807) is 0 Å². The van der Waals surface area contributed by atoms with Crippen LogP contribution in [0.5, 0.6) is 0 Å². The fraction of sp³-hybridized carbons (Fsp3) is 0.455. The molecule has 0 radical (unpaired) electrons. The zero-order chi connectivity index (χ0) is 13.3. The number of carboxylic acids is 1. The van der Waals surface area contributed by atoms with Crippen LogP contribution < -0.4 is 4.90 Å². The molecule has 1 aromatic heterocycles. The zero-order valence-corrected chi connectivity index (χ0v) is 9.31. The normalized spacial score (nSPS) is 20.2. The van der Waals surface area contributed by atoms with E-state index in [2.05, 4.69) is 4.98 Å². The minimum atomic E-state index is -4.52. The number of pyridine rings is 1. The predicted molar refractivity (Wildman–Crippen MR) is 57.2 cm³/mol. The maximum atomic E-state index is 12.5. The van der Waals surface area contributed by atoms with E-state index in [-0.39, 0.29) is 5.69 Å². The maximum absolute atomic E-state index is 12.5. The van der Waals surface area contributed by atoms with Crippen molar-refractivity contribution in [2.24, 2.45) is 0 Å². The average Bonchev–Trinajstić information content (AvgIpc) is 2.77. The number of rotatable bonds is 2. The molecule has 0 aromatic carbocycles. The molecule has 2 heterocycles. The Morgan fingerprint density at radius 2 is 2.22 bits per heavy atom. The molecule has 0 amide bonds. The molecule has 0 spiro atoms. The van der Waals surface area contributed by atoms with Crippen LogP contribution in [-0.2, 0) is 11.0 Å². The Morgan fingerprint density at radius 3 is 2.83 bits per heavy atom. The van der Waals surface area contributed by atoms with Gasteiger partial charge in [0.2, 0.25) is 0 Å². The molecule has 7 heteroatoms. The van der Waals surface area contributed by atoms with E-state index in [1.165, 1.54) is 11.0 Å². The highest BCUT2D eigenvalue weighted by atomic mass is 19.4. The Hall–Kier alpha value is -1.79. The van der Waals surface area contributed by atoms with Gasteiger partial charge in [-0.2, -0.15) is 13.2 Å². The van der Waals surface area contributed by atoms with Crippen LogP contribution in [-0.4, -0.2) is 28.6 Å². The van der Waals surface area contributed by atoms with Crippen molar-refractivity contribution in [2.45, 2.75) is 25.1 Å². The second-order valence-corrected chi connectivity index (χ2v) is 4.09. The summed E-state index contributed by atoms with van der Waals surface area (Å²) >= 11 is 0. The van der Waals surface area contributed by atoms with E-state index in [9.17, 15) is 18.0 Å². The van der Waals surface area contributed by atoms with Crippen molar-refractivity contribution in [3.05, 3.63) is 24.0 Å². The third kappa shape index (κ3) is 2.39. The first-order chi connectivity index (χ1) is 8.39. The highest BCUT2D eigenvalue weighted by molar-refractivity contribution is 5.79. The van der Waals surface area contributed by atoms with Gasteiger partial charge in [0.15, 0.2) is 0 Å². The number of anilines is 1. The summed E-state index contributed by atoms with van der Waals surface area (Å²) in [5, 5.41) is 8.99. The van der Waals surface area contributed by atoms with Gasteiger partial charge in [-0.15, -0.1) is 0 Å². The molecule has 1 atom stereocenters. The number of alkyl halides is 3. The van der Waals surface area contributed by atoms with Gasteiger partial charge in [0, 0.05) is 18.4 Å². The lowest BCUT2D eigenvalue weighted by atomic mass is 10.2. The topological polar surface area (TPSA) is 53.4 Å². The molecule has 98 valence electrons. The van der Waals surface area contributed by atoms with Crippen molar-refractivity contribution < 1.29 is 23.1 Å². The number of carbonyl (C=O) groups is 1. The average molecular weight is 260 g/mol. The SMILES string of the molecule is O=C(O)[C@H]1CCCN1c1ccnc(C(F)(F)F)c1. The number of hydrogen-bond donors (Lipinski definition) is 1. The highest BCUT2D eigenvalue weighted by Gasteiger charge is 2.35. The summed E-state index contributed by atoms with van der Waals surface area (Å²) in [6, 6.07) is 1.53. The fourth-order valence-corrected chi connectivity index (χ4v) is 2.09. The Labute approximate surface area is 101 Å². The lowest BCUT2D eigenvalue weighted by molar-refractivity contribution is -0.141. The molecule has 0 aliphatic carbocycles. The summed E-state index contributed by atoms with van der Waals surface area (Å²) in [5.41, 5.74) is -0.752. The van der Waals surface area contributed by atoms with E-state index < -0.39 is 23.9 Å². The summed E-state index contributed by atoms with van der Waals surface area (Å²) in [5.74, 6) is -1.02. The third-order valence-electron chi connectivity index (χ3n) is 2.90. The van der Waals surface area contributed by atoms with Crippen LogP contribution in [0.2, 0.25) is 0 Å². The molecule has 1 aliphatic rings. The largest absolute Gasteiger partial charge is 0.480 e. The third-order valence-corrected chi connectivity index (χ3v) is 2.90. The van der Waals surface area contributed by atoms with Gasteiger partial charge < -0.3 is 10.0 Å². The number of hydrogen-bond acceptors (Lipinski definition) is 3. The molecule has 0 unspecified atom stereocenters. The van der Waals surface area contributed by atoms with Crippen LogP contribution in [0.3, 0.4) is 0 Å². The van der Waals surface area contributed by atoms with Gasteiger partial charge in [0.25, 0.3) is 0 Å². The van der Waals surface area contributed by atoms with Gasteiger partial charge in [-0.1, -0.05) is 0 Å². The van der Waals surface area contributed by atoms with E-state index in [4.69, 9.17) is 5.11 Å². The first-order valence-electron chi connectivity index (χ1n) is 5.42. The van der Waals surface area contributed by atoms with Crippen molar-refractivity contribution in [2.75, 3.05) is 11.4 Å². The lowest BCUT2D eigenvalue weighted by Gasteiger charge is -2.24. The number of aromatic nitrogens is 1. The van der Waals surface area contributed by atoms with E-state index >= 15 is 0 Å². The number of nitrogens with zero attached hydrogens (tertiary/aromatic N) is 2. The van der Waals surface area contributed by atoms with Crippen molar-refractivity contribution in [1.82, 2.24) is 4.98 Å². The van der Waals surface area contributed by atoms with Crippen molar-refractivity contribution >= 4 is 11.7 Å². The van der Waals surface area contributed by atoms with Gasteiger partial charge in [0.1, 0.15) is 11.7 Å². The van der Waals surface area contributed by atoms with Gasteiger partial charge in [-0.25, -0.2) is 4.79 Å². The first kappa shape index (κ1) is 12.7. The molecule has 1 N–H and O–H groups in total. The summed E-state index contributed by atoms with van der Waals surface area (Å²) in [4.78, 5) is 15.7. The van der Waals surface area contributed by atoms with Gasteiger partial charge in [-0.05, 0) is 25.0 Å². The smallest absolute Gasteiger partial charge is 0.433 e. The number of halogens is 3. The van der Waals surface area contributed by atoms with E-state index in [1.807, 2.05) is 0 Å². The Morgan fingerprint density at radius 1 is 1.50 bits per heavy atom. The Kier molecular flexibility index (Phi) is 3.14. The van der Waals surface area contributed by atoms with Crippen LogP contribution in [0.4, 0.5) is 18.9 Å². The molecule has 1 saturated heterocycles. The highest BCUT2D eigenvalue weighted by Crippen LogP contribution is 2.32. The van der Waals surface area contributed by atoms with Gasteiger partial charge >= 0.3 is 12.1 Å². The maximum Gasteiger partial charge on any atom is 0.433 e. The summed E-state index contributed by atoms with van der Waals surface area (Å²) in [6.45, 7) is 0.443. The number of carboxylic acid groups (broad SMARTS) is 1. The summed E-state index contributed by atoms with van der Waals surface area (Å²) in [7, 11) is 0. The molecular weight excluding hydrogens is 249 g/mol. The minimum Gasteiger partial charge on any atom is -0.480 e. The monoisotopic (exact) mass is 260 g/mol. The van der Waals surface area contributed by atoms with Crippen molar-refractivity contribution in [1.29, 1.82) is 0 Å². The van der Waals surface area contributed by atoms with Crippen molar-refractivity contribution in [3.63, 3.8) is 0 Å². The molecule has 0 saturated carbocycles. The van der Waals surface area contributed by atoms with E-state index in [0.717, 1.165) is 12.3 Å². The van der Waals surface area contributed by atoms with Crippen molar-refractivity contribution in [3.8, 4) is 0 Å². The first-order valence-corrected chi connectivity index (χ1v) is 5.42. The fourth-order valence-electron chi connectivity index (χ4n) is 2.09. The lowest BCUT2D eigenvalue weighted by Crippen LogP contribution is -2.36. The molecule has 18 heavy (non-hydrogen) atoms. The minimum absolute atomic E-state index is 0.252. The van der Waals surface area contributed by atoms with Crippen LogP contribution in [0.15, 0.2) is 18.3 Å². The molecule has 1 fully saturated rings. The Bertz CT molecular complexity index is 462. The second-order valence-electron chi connectivity index (χ2n) is 4.09. The number of aliphatic carboxylic acids is 1. The molecule has 4 nitrogen and oxygen atoms in total. The van der Waals surface area contributed by atoms with Gasteiger partial charge in [0.05, 0.1) is 0 Å². The second kappa shape index (κ2) is 4.47. The summed E-state index contributed by atoms with van der Waals surface area (Å²) < 4.78 is 37.5. The van der Waals surface area contributed by atoms with Crippen LogP contribution in [0, 0.1) is 0 Å². The molecule has 2 rings (SSSR count). The summed E-state index contributed by atoms with van der Waals surface area (Å²) in [6.07, 6.45) is -2.37. The predicted octanol–water partition coefficient (Wildman–Crippen LogP) is 2.15. The molecule has 1 aliphatic heterocycles. The van der Waals surface area contributed by atoms with Gasteiger partial charge in [-0.3, -0.25) is 4.98 Å².